The standard InChI is InChI=1S/C18H24BrN5O/c1-20-17(25)14-7-5-13(6-8-14)10-22-18(21-2)24(4)12-16-9-15(19)11-23(16)3/h5-9,11H,10,12H2,1-4H3,(H,20,25)(H,21,22). The van der Waals surface area contributed by atoms with Crippen LogP contribution < -0.4 is 10.6 Å². The van der Waals surface area contributed by atoms with Crippen LogP contribution in [-0.4, -0.2) is 42.5 Å². The van der Waals surface area contributed by atoms with Crippen molar-refractivity contribution < 1.29 is 4.79 Å². The number of hydrogen-bond donors (Lipinski definition) is 2. The SMILES string of the molecule is CN=C(NCc1ccc(C(=O)NC)cc1)N(C)Cc1cc(Br)cn1C. The third-order valence-electron chi connectivity index (χ3n) is 3.94. The van der Waals surface area contributed by atoms with Gasteiger partial charge in [0.1, 0.15) is 0 Å². The van der Waals surface area contributed by atoms with Gasteiger partial charge in [-0.05, 0) is 39.7 Å². The number of benzene rings is 1. The molecular formula is C18H24BrN5O. The summed E-state index contributed by atoms with van der Waals surface area (Å²) in [6.07, 6.45) is 2.04. The van der Waals surface area contributed by atoms with E-state index in [0.717, 1.165) is 22.5 Å². The maximum absolute atomic E-state index is 11.6. The van der Waals surface area contributed by atoms with Crippen LogP contribution in [0, 0.1) is 0 Å². The number of guanidine groups is 1. The fourth-order valence-electron chi connectivity index (χ4n) is 2.53. The highest BCUT2D eigenvalue weighted by atomic mass is 79.9. The average molecular weight is 406 g/mol. The first kappa shape index (κ1) is 19.1. The third kappa shape index (κ3) is 5.09. The first-order chi connectivity index (χ1) is 11.9. The Morgan fingerprint density at radius 2 is 2.00 bits per heavy atom. The number of nitrogens with zero attached hydrogens (tertiary/aromatic N) is 3. The monoisotopic (exact) mass is 405 g/mol. The smallest absolute Gasteiger partial charge is 0.251 e. The highest BCUT2D eigenvalue weighted by Crippen LogP contribution is 2.15. The van der Waals surface area contributed by atoms with E-state index in [1.165, 1.54) is 5.69 Å². The zero-order valence-electron chi connectivity index (χ0n) is 15.0. The van der Waals surface area contributed by atoms with Gasteiger partial charge in [-0.2, -0.15) is 0 Å². The molecule has 2 N–H and O–H groups in total. The van der Waals surface area contributed by atoms with Crippen LogP contribution in [0.4, 0.5) is 0 Å². The van der Waals surface area contributed by atoms with Gasteiger partial charge >= 0.3 is 0 Å². The lowest BCUT2D eigenvalue weighted by atomic mass is 10.1. The Morgan fingerprint density at radius 1 is 1.32 bits per heavy atom. The summed E-state index contributed by atoms with van der Waals surface area (Å²) in [4.78, 5) is 18.0. The first-order valence-electron chi connectivity index (χ1n) is 7.98. The molecule has 0 radical (unpaired) electrons. The summed E-state index contributed by atoms with van der Waals surface area (Å²) < 4.78 is 3.16. The van der Waals surface area contributed by atoms with Gasteiger partial charge in [-0.3, -0.25) is 9.79 Å². The zero-order chi connectivity index (χ0) is 18.4. The van der Waals surface area contributed by atoms with Gasteiger partial charge in [-0.15, -0.1) is 0 Å². The number of aryl methyl sites for hydroxylation is 1. The molecule has 0 aliphatic rings. The molecule has 1 aromatic carbocycles. The summed E-state index contributed by atoms with van der Waals surface area (Å²) in [5, 5.41) is 5.97. The topological polar surface area (TPSA) is 61.7 Å². The molecule has 0 saturated heterocycles. The Bertz CT molecular complexity index is 751. The minimum Gasteiger partial charge on any atom is -0.355 e. The number of aromatic nitrogens is 1. The van der Waals surface area contributed by atoms with E-state index >= 15 is 0 Å². The maximum atomic E-state index is 11.6. The number of amides is 1. The van der Waals surface area contributed by atoms with Crippen molar-refractivity contribution in [2.75, 3.05) is 21.1 Å². The van der Waals surface area contributed by atoms with Gasteiger partial charge in [0.05, 0.1) is 6.54 Å². The molecule has 134 valence electrons. The van der Waals surface area contributed by atoms with Gasteiger partial charge < -0.3 is 20.1 Å². The number of aliphatic imine (C=N–C) groups is 1. The molecule has 25 heavy (non-hydrogen) atoms. The van der Waals surface area contributed by atoms with E-state index in [-0.39, 0.29) is 5.91 Å². The summed E-state index contributed by atoms with van der Waals surface area (Å²) >= 11 is 3.50. The number of hydrogen-bond acceptors (Lipinski definition) is 2. The summed E-state index contributed by atoms with van der Waals surface area (Å²) in [5.74, 6) is 0.733. The first-order valence-corrected chi connectivity index (χ1v) is 8.77. The molecule has 0 spiro atoms. The number of carbonyl (C=O) groups excluding carboxylic acids is 1. The van der Waals surface area contributed by atoms with Crippen molar-refractivity contribution >= 4 is 27.8 Å². The van der Waals surface area contributed by atoms with Crippen molar-refractivity contribution in [3.8, 4) is 0 Å². The zero-order valence-corrected chi connectivity index (χ0v) is 16.6. The van der Waals surface area contributed by atoms with Crippen molar-refractivity contribution in [3.63, 3.8) is 0 Å². The molecule has 0 atom stereocenters. The normalized spacial score (nSPS) is 11.3. The number of nitrogens with one attached hydrogen (secondary N) is 2. The van der Waals surface area contributed by atoms with Crippen LogP contribution in [0.1, 0.15) is 21.6 Å². The molecule has 1 amide bonds. The van der Waals surface area contributed by atoms with Gasteiger partial charge in [-0.25, -0.2) is 0 Å². The molecule has 0 saturated carbocycles. The van der Waals surface area contributed by atoms with Gasteiger partial charge in [0.15, 0.2) is 5.96 Å². The molecule has 1 aromatic heterocycles. The second-order valence-corrected chi connectivity index (χ2v) is 6.71. The molecule has 0 bridgehead atoms. The highest BCUT2D eigenvalue weighted by molar-refractivity contribution is 9.10. The average Bonchev–Trinajstić information content (AvgIpc) is 2.92. The van der Waals surface area contributed by atoms with E-state index in [2.05, 4.69) is 47.1 Å². The second-order valence-electron chi connectivity index (χ2n) is 5.79. The Kier molecular flexibility index (Phi) is 6.64. The van der Waals surface area contributed by atoms with Crippen molar-refractivity contribution in [2.24, 2.45) is 12.0 Å². The fourth-order valence-corrected chi connectivity index (χ4v) is 3.10. The molecule has 7 heteroatoms. The van der Waals surface area contributed by atoms with Crippen LogP contribution in [0.5, 0.6) is 0 Å². The molecule has 2 aromatic rings. The van der Waals surface area contributed by atoms with Crippen molar-refractivity contribution in [1.29, 1.82) is 0 Å². The fraction of sp³-hybridized carbons (Fsp3) is 0.333. The predicted octanol–water partition coefficient (Wildman–Crippen LogP) is 2.35. The van der Waals surface area contributed by atoms with Crippen LogP contribution in [-0.2, 0) is 20.1 Å². The Balaban J connectivity index is 1.95. The Labute approximate surface area is 157 Å². The van der Waals surface area contributed by atoms with E-state index in [9.17, 15) is 4.79 Å². The molecule has 2 rings (SSSR count). The maximum Gasteiger partial charge on any atom is 0.251 e. The lowest BCUT2D eigenvalue weighted by molar-refractivity contribution is 0.0963. The van der Waals surface area contributed by atoms with Crippen LogP contribution in [0.3, 0.4) is 0 Å². The van der Waals surface area contributed by atoms with E-state index in [1.807, 2.05) is 44.6 Å². The molecule has 0 fully saturated rings. The number of halogens is 1. The molecule has 0 unspecified atom stereocenters. The largest absolute Gasteiger partial charge is 0.355 e. The summed E-state index contributed by atoms with van der Waals surface area (Å²) in [7, 11) is 7.43. The number of carbonyl (C=O) groups is 1. The molecule has 6 nitrogen and oxygen atoms in total. The molecule has 0 aliphatic carbocycles. The van der Waals surface area contributed by atoms with Crippen molar-refractivity contribution in [1.82, 2.24) is 20.1 Å². The molecule has 0 aliphatic heterocycles. The van der Waals surface area contributed by atoms with Crippen LogP contribution >= 0.6 is 15.9 Å². The molecule has 1 heterocycles. The van der Waals surface area contributed by atoms with Crippen LogP contribution in [0.25, 0.3) is 0 Å². The van der Waals surface area contributed by atoms with Crippen molar-refractivity contribution in [3.05, 3.63) is 57.8 Å². The van der Waals surface area contributed by atoms with E-state index in [0.29, 0.717) is 12.1 Å². The molecular weight excluding hydrogens is 382 g/mol. The van der Waals surface area contributed by atoms with E-state index < -0.39 is 0 Å². The summed E-state index contributed by atoms with van der Waals surface area (Å²) in [6, 6.07) is 9.63. The van der Waals surface area contributed by atoms with Gasteiger partial charge in [0.2, 0.25) is 0 Å². The summed E-state index contributed by atoms with van der Waals surface area (Å²) in [6.45, 7) is 1.39. The van der Waals surface area contributed by atoms with Crippen LogP contribution in [0.15, 0.2) is 46.0 Å². The lowest BCUT2D eigenvalue weighted by Crippen LogP contribution is -2.38. The quantitative estimate of drug-likeness (QED) is 0.592. The minimum absolute atomic E-state index is 0.0798. The van der Waals surface area contributed by atoms with Gasteiger partial charge in [-0.1, -0.05) is 12.1 Å². The van der Waals surface area contributed by atoms with Gasteiger partial charge in [0.25, 0.3) is 5.91 Å². The van der Waals surface area contributed by atoms with E-state index in [1.54, 1.807) is 14.1 Å². The van der Waals surface area contributed by atoms with Gasteiger partial charge in [0, 0.05) is 56.7 Å². The van der Waals surface area contributed by atoms with E-state index in [4.69, 9.17) is 0 Å². The summed E-state index contributed by atoms with van der Waals surface area (Å²) in [5.41, 5.74) is 2.93. The highest BCUT2D eigenvalue weighted by Gasteiger charge is 2.10. The number of rotatable bonds is 5. The second kappa shape index (κ2) is 8.71. The third-order valence-corrected chi connectivity index (χ3v) is 4.37. The Morgan fingerprint density at radius 3 is 2.52 bits per heavy atom. The lowest BCUT2D eigenvalue weighted by Gasteiger charge is -2.22. The minimum atomic E-state index is -0.0798. The predicted molar refractivity (Wildman–Crippen MR) is 105 cm³/mol. The Hall–Kier alpha value is -2.28. The van der Waals surface area contributed by atoms with Crippen molar-refractivity contribution in [2.45, 2.75) is 13.1 Å². The van der Waals surface area contributed by atoms with Crippen LogP contribution in [0.2, 0.25) is 0 Å².